The van der Waals surface area contributed by atoms with Crippen LogP contribution in [0.2, 0.25) is 0 Å². The van der Waals surface area contributed by atoms with E-state index in [2.05, 4.69) is 21.0 Å². The van der Waals surface area contributed by atoms with Crippen LogP contribution in [0.15, 0.2) is 61.3 Å². The van der Waals surface area contributed by atoms with E-state index in [1.807, 2.05) is 41.9 Å². The molecule has 5 rings (SSSR count). The highest BCUT2D eigenvalue weighted by atomic mass is 16.5. The standard InChI is InChI=1S/C23H20N6O2/c1-28-19-12-27-18-6-4-14(15-5-7-20(30-2)21(9-15)31-3)8-17(18)22(19)29(23(28)24)16-10-25-13-26-11-16/h4-13,24H,1-3H3. The van der Waals surface area contributed by atoms with E-state index in [1.54, 1.807) is 37.4 Å². The van der Waals surface area contributed by atoms with Gasteiger partial charge in [0.25, 0.3) is 0 Å². The van der Waals surface area contributed by atoms with E-state index in [1.165, 1.54) is 6.33 Å². The monoisotopic (exact) mass is 412 g/mol. The first kappa shape index (κ1) is 18.8. The molecule has 0 saturated heterocycles. The van der Waals surface area contributed by atoms with E-state index in [4.69, 9.17) is 14.9 Å². The van der Waals surface area contributed by atoms with Gasteiger partial charge in [-0.1, -0.05) is 12.1 Å². The number of hydrogen-bond donors (Lipinski definition) is 1. The summed E-state index contributed by atoms with van der Waals surface area (Å²) in [7, 11) is 5.10. The molecule has 0 aliphatic rings. The normalized spacial score (nSPS) is 11.2. The highest BCUT2D eigenvalue weighted by Crippen LogP contribution is 2.34. The van der Waals surface area contributed by atoms with Gasteiger partial charge in [-0.15, -0.1) is 0 Å². The second-order valence-electron chi connectivity index (χ2n) is 7.11. The lowest BCUT2D eigenvalue weighted by Gasteiger charge is -2.11. The Kier molecular flexibility index (Phi) is 4.39. The Balaban J connectivity index is 1.82. The first-order valence-corrected chi connectivity index (χ1v) is 9.65. The van der Waals surface area contributed by atoms with E-state index in [0.717, 1.165) is 38.8 Å². The van der Waals surface area contributed by atoms with Crippen molar-refractivity contribution in [3.63, 3.8) is 0 Å². The summed E-state index contributed by atoms with van der Waals surface area (Å²) in [5.41, 5.74) is 5.62. The molecule has 0 atom stereocenters. The number of ether oxygens (including phenoxy) is 2. The van der Waals surface area contributed by atoms with Gasteiger partial charge in [0.2, 0.25) is 5.62 Å². The number of methoxy groups -OCH3 is 2. The molecule has 5 aromatic rings. The minimum absolute atomic E-state index is 0.315. The summed E-state index contributed by atoms with van der Waals surface area (Å²) in [6.07, 6.45) is 6.68. The maximum absolute atomic E-state index is 8.66. The maximum Gasteiger partial charge on any atom is 0.207 e. The molecule has 0 aliphatic carbocycles. The van der Waals surface area contributed by atoms with Gasteiger partial charge in [-0.2, -0.15) is 0 Å². The summed E-state index contributed by atoms with van der Waals surface area (Å²) in [5, 5.41) is 9.60. The molecule has 8 nitrogen and oxygen atoms in total. The number of nitrogens with one attached hydrogen (secondary N) is 1. The molecule has 154 valence electrons. The number of aryl methyl sites for hydroxylation is 1. The van der Waals surface area contributed by atoms with Crippen LogP contribution in [-0.2, 0) is 7.05 Å². The third-order valence-electron chi connectivity index (χ3n) is 5.46. The quantitative estimate of drug-likeness (QED) is 0.488. The van der Waals surface area contributed by atoms with Gasteiger partial charge in [0.15, 0.2) is 11.5 Å². The fraction of sp³-hybridized carbons (Fsp3) is 0.130. The summed E-state index contributed by atoms with van der Waals surface area (Å²) < 4.78 is 14.5. The summed E-state index contributed by atoms with van der Waals surface area (Å²) in [6, 6.07) is 11.9. The predicted octanol–water partition coefficient (Wildman–Crippen LogP) is 3.47. The molecular formula is C23H20N6O2. The smallest absolute Gasteiger partial charge is 0.207 e. The zero-order valence-corrected chi connectivity index (χ0v) is 17.3. The highest BCUT2D eigenvalue weighted by Gasteiger charge is 2.16. The van der Waals surface area contributed by atoms with Crippen molar-refractivity contribution < 1.29 is 9.47 Å². The van der Waals surface area contributed by atoms with E-state index >= 15 is 0 Å². The Morgan fingerprint density at radius 2 is 1.58 bits per heavy atom. The lowest BCUT2D eigenvalue weighted by Crippen LogP contribution is -2.21. The van der Waals surface area contributed by atoms with Gasteiger partial charge in [0, 0.05) is 12.4 Å². The Bertz CT molecular complexity index is 1490. The molecule has 3 aromatic heterocycles. The van der Waals surface area contributed by atoms with E-state index in [9.17, 15) is 0 Å². The molecule has 0 spiro atoms. The molecule has 0 radical (unpaired) electrons. The van der Waals surface area contributed by atoms with Crippen LogP contribution < -0.4 is 15.1 Å². The summed E-state index contributed by atoms with van der Waals surface area (Å²) in [6.45, 7) is 0. The Morgan fingerprint density at radius 3 is 2.32 bits per heavy atom. The van der Waals surface area contributed by atoms with Gasteiger partial charge in [-0.05, 0) is 35.4 Å². The average molecular weight is 412 g/mol. The van der Waals surface area contributed by atoms with E-state index in [-0.39, 0.29) is 0 Å². The van der Waals surface area contributed by atoms with Crippen molar-refractivity contribution in [3.8, 4) is 28.3 Å². The summed E-state index contributed by atoms with van der Waals surface area (Å²) in [4.78, 5) is 12.9. The molecular weight excluding hydrogens is 392 g/mol. The third kappa shape index (κ3) is 2.92. The topological polar surface area (TPSA) is 90.8 Å². The Morgan fingerprint density at radius 1 is 0.871 bits per heavy atom. The van der Waals surface area contributed by atoms with Gasteiger partial charge in [-0.25, -0.2) is 9.97 Å². The van der Waals surface area contributed by atoms with Gasteiger partial charge < -0.3 is 14.0 Å². The average Bonchev–Trinajstić information content (AvgIpc) is 3.09. The molecule has 0 fully saturated rings. The van der Waals surface area contributed by atoms with Crippen LogP contribution in [0.4, 0.5) is 0 Å². The molecule has 8 heteroatoms. The molecule has 0 aliphatic heterocycles. The van der Waals surface area contributed by atoms with Crippen LogP contribution in [0.1, 0.15) is 0 Å². The highest BCUT2D eigenvalue weighted by molar-refractivity contribution is 6.04. The van der Waals surface area contributed by atoms with Crippen molar-refractivity contribution in [1.82, 2.24) is 24.1 Å². The largest absolute Gasteiger partial charge is 0.493 e. The molecule has 1 N–H and O–H groups in total. The number of nitrogens with zero attached hydrogens (tertiary/aromatic N) is 5. The molecule has 0 amide bonds. The number of hydrogen-bond acceptors (Lipinski definition) is 6. The van der Waals surface area contributed by atoms with E-state index in [0.29, 0.717) is 17.1 Å². The first-order valence-electron chi connectivity index (χ1n) is 9.65. The van der Waals surface area contributed by atoms with E-state index < -0.39 is 0 Å². The summed E-state index contributed by atoms with van der Waals surface area (Å²) in [5.74, 6) is 1.35. The van der Waals surface area contributed by atoms with Gasteiger partial charge in [0.1, 0.15) is 6.33 Å². The first-order chi connectivity index (χ1) is 15.1. The molecule has 0 unspecified atom stereocenters. The lowest BCUT2D eigenvalue weighted by atomic mass is 10.0. The molecule has 3 heterocycles. The van der Waals surface area contributed by atoms with Crippen molar-refractivity contribution in [2.45, 2.75) is 0 Å². The van der Waals surface area contributed by atoms with Crippen molar-refractivity contribution in [2.75, 3.05) is 14.2 Å². The molecule has 0 saturated carbocycles. The predicted molar refractivity (Wildman–Crippen MR) is 118 cm³/mol. The molecule has 31 heavy (non-hydrogen) atoms. The number of aromatic nitrogens is 5. The number of rotatable bonds is 4. The lowest BCUT2D eigenvalue weighted by molar-refractivity contribution is 0.355. The maximum atomic E-state index is 8.66. The van der Waals surface area contributed by atoms with Crippen LogP contribution in [0.25, 0.3) is 38.8 Å². The fourth-order valence-corrected chi connectivity index (χ4v) is 3.87. The van der Waals surface area contributed by atoms with Crippen LogP contribution >= 0.6 is 0 Å². The van der Waals surface area contributed by atoms with Crippen molar-refractivity contribution in [3.05, 3.63) is 66.9 Å². The van der Waals surface area contributed by atoms with Gasteiger partial charge in [0.05, 0.1) is 55.0 Å². The summed E-state index contributed by atoms with van der Waals surface area (Å²) >= 11 is 0. The Labute approximate surface area is 177 Å². The fourth-order valence-electron chi connectivity index (χ4n) is 3.87. The van der Waals surface area contributed by atoms with Gasteiger partial charge in [-0.3, -0.25) is 15.0 Å². The van der Waals surface area contributed by atoms with Crippen LogP contribution in [0, 0.1) is 5.41 Å². The number of fused-ring (bicyclic) bond motifs is 3. The zero-order chi connectivity index (χ0) is 21.5. The minimum atomic E-state index is 0.315. The number of imidazole rings is 1. The minimum Gasteiger partial charge on any atom is -0.493 e. The molecule has 0 bridgehead atoms. The van der Waals surface area contributed by atoms with Crippen LogP contribution in [0.5, 0.6) is 11.5 Å². The van der Waals surface area contributed by atoms with Crippen LogP contribution in [0.3, 0.4) is 0 Å². The van der Waals surface area contributed by atoms with Crippen molar-refractivity contribution >= 4 is 21.9 Å². The van der Waals surface area contributed by atoms with Crippen molar-refractivity contribution in [1.29, 1.82) is 5.41 Å². The second-order valence-corrected chi connectivity index (χ2v) is 7.11. The van der Waals surface area contributed by atoms with Crippen molar-refractivity contribution in [2.24, 2.45) is 7.05 Å². The van der Waals surface area contributed by atoms with Gasteiger partial charge >= 0.3 is 0 Å². The third-order valence-corrected chi connectivity index (χ3v) is 5.46. The molecule has 2 aromatic carbocycles. The SMILES string of the molecule is COc1ccc(-c2ccc3ncc4c(c3c2)n(-c2cncnc2)c(=N)n4C)cc1OC. The zero-order valence-electron chi connectivity index (χ0n) is 17.3. The Hall–Kier alpha value is -4.20. The number of pyridine rings is 1. The van der Waals surface area contributed by atoms with Crippen LogP contribution in [-0.4, -0.2) is 38.3 Å². The second kappa shape index (κ2) is 7.24. The number of benzene rings is 2.